The number of carbonyl (C=O) groups is 11. The Hall–Kier alpha value is -5.99. The number of aliphatic carboxylic acids is 2. The van der Waals surface area contributed by atoms with Crippen molar-refractivity contribution in [2.75, 3.05) is 6.54 Å². The van der Waals surface area contributed by atoms with E-state index in [4.69, 9.17) is 17.2 Å². The highest BCUT2D eigenvalue weighted by atomic mass is 16.4. The van der Waals surface area contributed by atoms with E-state index in [0.29, 0.717) is 19.3 Å². The van der Waals surface area contributed by atoms with Crippen LogP contribution in [0.4, 0.5) is 0 Å². The second kappa shape index (κ2) is 32.9. The normalized spacial score (nSPS) is 16.0. The summed E-state index contributed by atoms with van der Waals surface area (Å²) in [5.41, 5.74) is 17.0. The van der Waals surface area contributed by atoms with Gasteiger partial charge in [0.1, 0.15) is 48.3 Å². The fourth-order valence-corrected chi connectivity index (χ4v) is 7.11. The lowest BCUT2D eigenvalue weighted by molar-refractivity contribution is -0.143. The molecule has 0 spiro atoms. The summed E-state index contributed by atoms with van der Waals surface area (Å²) in [7, 11) is 0. The van der Waals surface area contributed by atoms with Crippen LogP contribution >= 0.6 is 0 Å². The molecule has 0 radical (unpaired) electrons. The van der Waals surface area contributed by atoms with Gasteiger partial charge in [0.25, 0.3) is 0 Å². The molecule has 26 heteroatoms. The summed E-state index contributed by atoms with van der Waals surface area (Å²) in [4.78, 5) is 144. The average molecular weight is 1030 g/mol. The molecule has 11 atom stereocenters. The number of aliphatic hydroxyl groups excluding tert-OH is 2. The van der Waals surface area contributed by atoms with Crippen molar-refractivity contribution >= 4 is 65.1 Å². The molecule has 0 fully saturated rings. The summed E-state index contributed by atoms with van der Waals surface area (Å²) in [6.07, 6.45) is -4.17. The van der Waals surface area contributed by atoms with Crippen molar-refractivity contribution in [2.45, 2.75) is 194 Å². The molecule has 0 heterocycles. The van der Waals surface area contributed by atoms with E-state index in [2.05, 4.69) is 42.5 Å². The van der Waals surface area contributed by atoms with E-state index in [-0.39, 0.29) is 37.6 Å². The fourth-order valence-electron chi connectivity index (χ4n) is 7.11. The molecule has 0 saturated carbocycles. The first kappa shape index (κ1) is 66.0. The molecule has 0 aromatic heterocycles. The third-order valence-corrected chi connectivity index (χ3v) is 11.2. The number of nitrogens with two attached hydrogens (primary N) is 3. The van der Waals surface area contributed by atoms with E-state index in [1.165, 1.54) is 13.8 Å². The molecule has 0 aliphatic carbocycles. The quantitative estimate of drug-likeness (QED) is 0.0277. The van der Waals surface area contributed by atoms with Crippen LogP contribution in [0.25, 0.3) is 0 Å². The summed E-state index contributed by atoms with van der Waals surface area (Å²) in [6.45, 7) is 15.8. The number of hydrogen-bond donors (Lipinski definition) is 15. The number of rotatable bonds is 35. The second-order valence-corrected chi connectivity index (χ2v) is 19.6. The lowest BCUT2D eigenvalue weighted by Gasteiger charge is -2.30. The fraction of sp³-hybridized carbons (Fsp3) is 0.761. The Morgan fingerprint density at radius 3 is 1.19 bits per heavy atom. The summed E-state index contributed by atoms with van der Waals surface area (Å²) in [5.74, 6) is -12.7. The van der Waals surface area contributed by atoms with Gasteiger partial charge in [-0.15, -0.1) is 0 Å². The summed E-state index contributed by atoms with van der Waals surface area (Å²) in [6, 6.07) is -13.3. The first-order chi connectivity index (χ1) is 33.3. The van der Waals surface area contributed by atoms with E-state index in [1.54, 1.807) is 27.7 Å². The van der Waals surface area contributed by atoms with Gasteiger partial charge in [0, 0.05) is 12.8 Å². The number of hydrogen-bond acceptors (Lipinski definition) is 15. The van der Waals surface area contributed by atoms with Gasteiger partial charge >= 0.3 is 11.9 Å². The van der Waals surface area contributed by atoms with Crippen molar-refractivity contribution in [3.8, 4) is 0 Å². The van der Waals surface area contributed by atoms with Crippen LogP contribution in [0.15, 0.2) is 0 Å². The number of nitrogens with one attached hydrogen (secondary N) is 8. The van der Waals surface area contributed by atoms with Gasteiger partial charge in [0.05, 0.1) is 18.2 Å². The Bertz CT molecular complexity index is 1850. The molecule has 412 valence electrons. The Kier molecular flexibility index (Phi) is 30.1. The van der Waals surface area contributed by atoms with Gasteiger partial charge in [-0.05, 0) is 89.0 Å². The van der Waals surface area contributed by atoms with Crippen LogP contribution in [0.5, 0.6) is 0 Å². The highest BCUT2D eigenvalue weighted by molar-refractivity contribution is 5.98. The Morgan fingerprint density at radius 1 is 0.431 bits per heavy atom. The zero-order valence-electron chi connectivity index (χ0n) is 43.2. The van der Waals surface area contributed by atoms with Crippen LogP contribution in [0, 0.1) is 23.7 Å². The highest BCUT2D eigenvalue weighted by Gasteiger charge is 2.38. The molecule has 0 aliphatic heterocycles. The maximum Gasteiger partial charge on any atom is 0.326 e. The number of carboxylic acid groups (broad SMARTS) is 2. The zero-order chi connectivity index (χ0) is 55.7. The van der Waals surface area contributed by atoms with Gasteiger partial charge in [-0.2, -0.15) is 0 Å². The van der Waals surface area contributed by atoms with Crippen LogP contribution in [-0.2, 0) is 52.7 Å². The molecule has 0 bridgehead atoms. The number of carbonyl (C=O) groups excluding carboxylic acids is 9. The number of primary amides is 1. The molecule has 0 aromatic rings. The van der Waals surface area contributed by atoms with Crippen LogP contribution < -0.4 is 59.7 Å². The molecule has 26 nitrogen and oxygen atoms in total. The van der Waals surface area contributed by atoms with Gasteiger partial charge in [-0.25, -0.2) is 4.79 Å². The second-order valence-electron chi connectivity index (χ2n) is 19.6. The Balaban J connectivity index is 6.56. The molecule has 0 rings (SSSR count). The smallest absolute Gasteiger partial charge is 0.326 e. The van der Waals surface area contributed by atoms with Crippen molar-refractivity contribution in [1.82, 2.24) is 42.5 Å². The topological polar surface area (TPSA) is 443 Å². The number of amides is 9. The largest absolute Gasteiger partial charge is 0.481 e. The Morgan fingerprint density at radius 2 is 0.792 bits per heavy atom. The van der Waals surface area contributed by atoms with E-state index in [9.17, 15) is 73.2 Å². The van der Waals surface area contributed by atoms with E-state index < -0.39 is 163 Å². The first-order valence-electron chi connectivity index (χ1n) is 24.3. The van der Waals surface area contributed by atoms with Crippen molar-refractivity contribution < 1.29 is 73.2 Å². The van der Waals surface area contributed by atoms with E-state index >= 15 is 0 Å². The Labute approximate surface area is 421 Å². The lowest BCUT2D eigenvalue weighted by Crippen LogP contribution is -2.64. The van der Waals surface area contributed by atoms with Crippen LogP contribution in [0.1, 0.15) is 127 Å². The summed E-state index contributed by atoms with van der Waals surface area (Å²) < 4.78 is 0. The molecule has 18 N–H and O–H groups in total. The summed E-state index contributed by atoms with van der Waals surface area (Å²) in [5, 5.41) is 59.7. The van der Waals surface area contributed by atoms with Crippen molar-refractivity contribution in [3.05, 3.63) is 0 Å². The number of aliphatic hydroxyl groups is 2. The predicted octanol–water partition coefficient (Wildman–Crippen LogP) is -3.30. The van der Waals surface area contributed by atoms with Gasteiger partial charge in [-0.1, -0.05) is 55.4 Å². The molecule has 9 amide bonds. The first-order valence-corrected chi connectivity index (χ1v) is 24.3. The van der Waals surface area contributed by atoms with Crippen molar-refractivity contribution in [1.29, 1.82) is 0 Å². The standard InChI is InChI=1S/C46H83N11O15/c1-21(2)19-27(48)38(63)53-31(20-22(3)4)42(67)51-30(15-17-33(61)62)41(66)56-36(25(9)58)45(70)57-37(26(10)59)44(69)54-34(23(5)6)43(68)52-29(14-16-32(49)60)39(64)50-28(13-11-12-18-47)40(65)55-35(24(7)8)46(71)72/h21-31,34-37,58-59H,11-20,47-48H2,1-10H3,(H2,49,60)(H,50,64)(H,51,67)(H,52,68)(H,53,63)(H,54,69)(H,55,65)(H,56,66)(H,57,70)(H,61,62)(H,71,72). The lowest BCUT2D eigenvalue weighted by atomic mass is 10.00. The molecule has 0 aliphatic rings. The minimum absolute atomic E-state index is 0.0166. The number of carboxylic acids is 2. The predicted molar refractivity (Wildman–Crippen MR) is 261 cm³/mol. The van der Waals surface area contributed by atoms with E-state index in [0.717, 1.165) is 13.8 Å². The minimum Gasteiger partial charge on any atom is -0.481 e. The van der Waals surface area contributed by atoms with Gasteiger partial charge in [0.2, 0.25) is 53.2 Å². The van der Waals surface area contributed by atoms with Gasteiger partial charge in [-0.3, -0.25) is 47.9 Å². The minimum atomic E-state index is -1.90. The molecular formula is C46H83N11O15. The highest BCUT2D eigenvalue weighted by Crippen LogP contribution is 2.12. The molecular weight excluding hydrogens is 947 g/mol. The van der Waals surface area contributed by atoms with Gasteiger partial charge < -0.3 is 80.2 Å². The van der Waals surface area contributed by atoms with Crippen molar-refractivity contribution in [2.24, 2.45) is 40.9 Å². The third-order valence-electron chi connectivity index (χ3n) is 11.2. The van der Waals surface area contributed by atoms with Crippen LogP contribution in [0.2, 0.25) is 0 Å². The van der Waals surface area contributed by atoms with Crippen molar-refractivity contribution in [3.63, 3.8) is 0 Å². The number of unbranched alkanes of at least 4 members (excludes halogenated alkanes) is 1. The monoisotopic (exact) mass is 1030 g/mol. The summed E-state index contributed by atoms with van der Waals surface area (Å²) >= 11 is 0. The zero-order valence-corrected chi connectivity index (χ0v) is 43.2. The maximum atomic E-state index is 13.9. The third kappa shape index (κ3) is 24.9. The molecule has 72 heavy (non-hydrogen) atoms. The molecule has 0 saturated heterocycles. The molecule has 11 unspecified atom stereocenters. The van der Waals surface area contributed by atoms with E-state index in [1.807, 2.05) is 13.8 Å². The average Bonchev–Trinajstić information content (AvgIpc) is 3.26. The van der Waals surface area contributed by atoms with Gasteiger partial charge in [0.15, 0.2) is 0 Å². The SMILES string of the molecule is CC(C)CC(N)C(=O)NC(CC(C)C)C(=O)NC(CCC(=O)O)C(=O)NC(C(=O)NC(C(=O)NC(C(=O)NC(CCC(N)=O)C(=O)NC(CCCCN)C(=O)NC(C(=O)O)C(C)C)C(C)C)C(C)O)C(C)O. The maximum absolute atomic E-state index is 13.9. The van der Waals surface area contributed by atoms with Crippen LogP contribution in [0.3, 0.4) is 0 Å². The van der Waals surface area contributed by atoms with Crippen LogP contribution in [-0.4, -0.2) is 159 Å². The molecule has 0 aromatic carbocycles.